The van der Waals surface area contributed by atoms with E-state index in [2.05, 4.69) is 32.9 Å². The molecule has 6 nitrogen and oxygen atoms in total. The Balaban J connectivity index is 1.45. The molecule has 0 radical (unpaired) electrons. The fraction of sp³-hybridized carbons (Fsp3) is 0.556. The van der Waals surface area contributed by atoms with E-state index < -0.39 is 0 Å². The van der Waals surface area contributed by atoms with Gasteiger partial charge in [-0.1, -0.05) is 17.3 Å². The fourth-order valence-electron chi connectivity index (χ4n) is 3.77. The maximum atomic E-state index is 13.5. The summed E-state index contributed by atoms with van der Waals surface area (Å²) in [5.74, 6) is 1.80. The van der Waals surface area contributed by atoms with E-state index in [0.29, 0.717) is 18.4 Å². The molecule has 0 bridgehead atoms. The molecule has 1 aromatic heterocycles. The third-order valence-corrected chi connectivity index (χ3v) is 5.30. The number of benzene rings is 1. The van der Waals surface area contributed by atoms with Crippen LogP contribution < -0.4 is 10.9 Å². The number of likely N-dealkylation sites (tertiary alicyclic amines) is 1. The molecule has 134 valence electrons. The fourth-order valence-corrected chi connectivity index (χ4v) is 3.77. The summed E-state index contributed by atoms with van der Waals surface area (Å²) in [6, 6.07) is 6.56. The zero-order chi connectivity index (χ0) is 17.2. The van der Waals surface area contributed by atoms with Gasteiger partial charge in [-0.15, -0.1) is 0 Å². The standard InChI is InChI=1S/C18H24FN5O/c1-24-7-5-12(6-8-24)9-16-21-18(25-23-16)15-11-20-22-17(15)13-3-2-4-14(19)10-13/h2-4,10,12,15,17,20,22H,5-9,11H2,1H3. The Bertz CT molecular complexity index is 713. The van der Waals surface area contributed by atoms with Crippen molar-refractivity contribution >= 4 is 0 Å². The summed E-state index contributed by atoms with van der Waals surface area (Å²) in [5, 5.41) is 4.19. The van der Waals surface area contributed by atoms with Crippen molar-refractivity contribution in [2.75, 3.05) is 26.7 Å². The highest BCUT2D eigenvalue weighted by atomic mass is 19.1. The van der Waals surface area contributed by atoms with E-state index in [-0.39, 0.29) is 17.8 Å². The number of halogens is 1. The van der Waals surface area contributed by atoms with Gasteiger partial charge < -0.3 is 9.42 Å². The zero-order valence-electron chi connectivity index (χ0n) is 14.4. The predicted octanol–water partition coefficient (Wildman–Crippen LogP) is 2.03. The summed E-state index contributed by atoms with van der Waals surface area (Å²) in [6.45, 7) is 2.94. The maximum Gasteiger partial charge on any atom is 0.233 e. The van der Waals surface area contributed by atoms with Gasteiger partial charge in [0.05, 0.1) is 12.0 Å². The number of hydrogen-bond acceptors (Lipinski definition) is 6. The quantitative estimate of drug-likeness (QED) is 0.884. The monoisotopic (exact) mass is 345 g/mol. The Morgan fingerprint density at radius 3 is 2.96 bits per heavy atom. The van der Waals surface area contributed by atoms with Crippen LogP contribution in [0.1, 0.15) is 42.1 Å². The molecule has 0 saturated carbocycles. The van der Waals surface area contributed by atoms with E-state index in [4.69, 9.17) is 4.52 Å². The molecular formula is C18H24FN5O. The average Bonchev–Trinajstić information content (AvgIpc) is 3.26. The highest BCUT2D eigenvalue weighted by molar-refractivity contribution is 5.24. The van der Waals surface area contributed by atoms with Gasteiger partial charge >= 0.3 is 0 Å². The second-order valence-electron chi connectivity index (χ2n) is 7.16. The van der Waals surface area contributed by atoms with Crippen LogP contribution in [0.25, 0.3) is 0 Å². The Hall–Kier alpha value is -1.83. The van der Waals surface area contributed by atoms with Crippen LogP contribution >= 0.6 is 0 Å². The molecule has 3 heterocycles. The second kappa shape index (κ2) is 7.19. The van der Waals surface area contributed by atoms with E-state index in [0.717, 1.165) is 30.9 Å². The van der Waals surface area contributed by atoms with E-state index >= 15 is 0 Å². The summed E-state index contributed by atoms with van der Waals surface area (Å²) < 4.78 is 19.1. The third kappa shape index (κ3) is 3.73. The minimum absolute atomic E-state index is 0.000499. The maximum absolute atomic E-state index is 13.5. The molecular weight excluding hydrogens is 321 g/mol. The first kappa shape index (κ1) is 16.6. The topological polar surface area (TPSA) is 66.2 Å². The predicted molar refractivity (Wildman–Crippen MR) is 91.2 cm³/mol. The number of hydrazine groups is 1. The summed E-state index contributed by atoms with van der Waals surface area (Å²) >= 11 is 0. The van der Waals surface area contributed by atoms with Crippen molar-refractivity contribution in [3.05, 3.63) is 47.4 Å². The number of piperidine rings is 1. The number of rotatable bonds is 4. The Kier molecular flexibility index (Phi) is 4.78. The molecule has 2 fully saturated rings. The molecule has 7 heteroatoms. The Morgan fingerprint density at radius 2 is 2.16 bits per heavy atom. The lowest BCUT2D eigenvalue weighted by molar-refractivity contribution is 0.216. The minimum Gasteiger partial charge on any atom is -0.339 e. The minimum atomic E-state index is -0.238. The number of nitrogens with one attached hydrogen (secondary N) is 2. The molecule has 2 atom stereocenters. The van der Waals surface area contributed by atoms with E-state index in [1.807, 2.05) is 6.07 Å². The second-order valence-corrected chi connectivity index (χ2v) is 7.16. The molecule has 2 N–H and O–H groups in total. The van der Waals surface area contributed by atoms with Gasteiger partial charge in [0.1, 0.15) is 5.82 Å². The molecule has 2 saturated heterocycles. The van der Waals surface area contributed by atoms with Crippen LogP contribution in [-0.4, -0.2) is 41.7 Å². The Morgan fingerprint density at radius 1 is 1.32 bits per heavy atom. The first-order chi connectivity index (χ1) is 12.2. The van der Waals surface area contributed by atoms with Crippen molar-refractivity contribution in [2.45, 2.75) is 31.2 Å². The van der Waals surface area contributed by atoms with Crippen molar-refractivity contribution in [3.63, 3.8) is 0 Å². The SMILES string of the molecule is CN1CCC(Cc2noc(C3CNNC3c3cccc(F)c3)n2)CC1. The molecule has 2 aromatic rings. The summed E-state index contributed by atoms with van der Waals surface area (Å²) in [4.78, 5) is 7.00. The van der Waals surface area contributed by atoms with Gasteiger partial charge in [0.25, 0.3) is 0 Å². The average molecular weight is 345 g/mol. The molecule has 0 spiro atoms. The molecule has 2 aliphatic heterocycles. The van der Waals surface area contributed by atoms with Crippen molar-refractivity contribution in [1.29, 1.82) is 0 Å². The molecule has 0 aliphatic carbocycles. The van der Waals surface area contributed by atoms with Crippen LogP contribution in [-0.2, 0) is 6.42 Å². The third-order valence-electron chi connectivity index (χ3n) is 5.30. The Labute approximate surface area is 146 Å². The lowest BCUT2D eigenvalue weighted by Gasteiger charge is -2.28. The number of aromatic nitrogens is 2. The van der Waals surface area contributed by atoms with Crippen molar-refractivity contribution < 1.29 is 8.91 Å². The lowest BCUT2D eigenvalue weighted by atomic mass is 9.93. The van der Waals surface area contributed by atoms with Gasteiger partial charge in [0.2, 0.25) is 5.89 Å². The van der Waals surface area contributed by atoms with Gasteiger partial charge in [-0.25, -0.2) is 9.82 Å². The van der Waals surface area contributed by atoms with Crippen molar-refractivity contribution in [3.8, 4) is 0 Å². The van der Waals surface area contributed by atoms with Gasteiger partial charge in [0.15, 0.2) is 5.82 Å². The van der Waals surface area contributed by atoms with Crippen LogP contribution in [0, 0.1) is 11.7 Å². The molecule has 0 amide bonds. The van der Waals surface area contributed by atoms with Gasteiger partial charge in [0, 0.05) is 13.0 Å². The van der Waals surface area contributed by atoms with Crippen LogP contribution in [0.3, 0.4) is 0 Å². The highest BCUT2D eigenvalue weighted by Gasteiger charge is 2.34. The molecule has 2 aliphatic rings. The summed E-state index contributed by atoms with van der Waals surface area (Å²) in [6.07, 6.45) is 3.23. The largest absolute Gasteiger partial charge is 0.339 e. The number of nitrogens with zero attached hydrogens (tertiary/aromatic N) is 3. The normalized spacial score (nSPS) is 25.5. The van der Waals surface area contributed by atoms with Crippen LogP contribution in [0.5, 0.6) is 0 Å². The molecule has 25 heavy (non-hydrogen) atoms. The number of hydrogen-bond donors (Lipinski definition) is 2. The van der Waals surface area contributed by atoms with Crippen molar-refractivity contribution in [1.82, 2.24) is 25.9 Å². The summed E-state index contributed by atoms with van der Waals surface area (Å²) in [5.41, 5.74) is 7.20. The van der Waals surface area contributed by atoms with E-state index in [9.17, 15) is 4.39 Å². The van der Waals surface area contributed by atoms with Gasteiger partial charge in [-0.2, -0.15) is 4.98 Å². The first-order valence-corrected chi connectivity index (χ1v) is 8.94. The summed E-state index contributed by atoms with van der Waals surface area (Å²) in [7, 11) is 2.16. The van der Waals surface area contributed by atoms with Gasteiger partial charge in [-0.05, 0) is 56.6 Å². The van der Waals surface area contributed by atoms with Crippen molar-refractivity contribution in [2.24, 2.45) is 5.92 Å². The molecule has 1 aromatic carbocycles. The first-order valence-electron chi connectivity index (χ1n) is 8.94. The van der Waals surface area contributed by atoms with Crippen LogP contribution in [0.15, 0.2) is 28.8 Å². The zero-order valence-corrected chi connectivity index (χ0v) is 14.4. The van der Waals surface area contributed by atoms with Gasteiger partial charge in [-0.3, -0.25) is 5.43 Å². The van der Waals surface area contributed by atoms with Crippen LogP contribution in [0.2, 0.25) is 0 Å². The highest BCUT2D eigenvalue weighted by Crippen LogP contribution is 2.33. The molecule has 4 rings (SSSR count). The van der Waals surface area contributed by atoms with E-state index in [1.54, 1.807) is 12.1 Å². The smallest absolute Gasteiger partial charge is 0.233 e. The van der Waals surface area contributed by atoms with E-state index in [1.165, 1.54) is 18.9 Å². The lowest BCUT2D eigenvalue weighted by Crippen LogP contribution is -2.31. The molecule has 2 unspecified atom stereocenters. The van der Waals surface area contributed by atoms with Crippen LogP contribution in [0.4, 0.5) is 4.39 Å².